The molecule has 0 aliphatic carbocycles. The third kappa shape index (κ3) is 4.20. The van der Waals surface area contributed by atoms with E-state index in [1.807, 2.05) is 37.3 Å². The number of aromatic nitrogens is 3. The largest absolute Gasteiger partial charge is 0.494 e. The van der Waals surface area contributed by atoms with Crippen molar-refractivity contribution >= 4 is 23.1 Å². The summed E-state index contributed by atoms with van der Waals surface area (Å²) in [5.41, 5.74) is 2.01. The number of nitrogens with one attached hydrogen (secondary N) is 2. The highest BCUT2D eigenvalue weighted by atomic mass is 16.5. The molecule has 0 saturated heterocycles. The van der Waals surface area contributed by atoms with Gasteiger partial charge in [-0.2, -0.15) is 15.3 Å². The van der Waals surface area contributed by atoms with Gasteiger partial charge in [0.25, 0.3) is 0 Å². The first-order valence-corrected chi connectivity index (χ1v) is 7.74. The number of nitriles is 1. The number of hydrogen-bond acceptors (Lipinski definition) is 7. The van der Waals surface area contributed by atoms with Crippen LogP contribution in [0.2, 0.25) is 0 Å². The minimum atomic E-state index is 0.351. The van der Waals surface area contributed by atoms with Gasteiger partial charge in [-0.25, -0.2) is 0 Å². The van der Waals surface area contributed by atoms with E-state index in [1.54, 1.807) is 18.2 Å². The molecule has 7 nitrogen and oxygen atoms in total. The van der Waals surface area contributed by atoms with Crippen LogP contribution in [0.25, 0.3) is 0 Å². The molecule has 1 heterocycles. The van der Waals surface area contributed by atoms with Crippen molar-refractivity contribution in [2.75, 3.05) is 17.2 Å². The number of hydrogen-bond donors (Lipinski definition) is 2. The zero-order valence-electron chi connectivity index (χ0n) is 13.6. The van der Waals surface area contributed by atoms with E-state index in [0.717, 1.165) is 11.4 Å². The van der Waals surface area contributed by atoms with Crippen molar-refractivity contribution in [1.82, 2.24) is 15.2 Å². The Morgan fingerprint density at radius 3 is 2.64 bits per heavy atom. The van der Waals surface area contributed by atoms with Crippen molar-refractivity contribution in [2.24, 2.45) is 0 Å². The Kier molecular flexibility index (Phi) is 5.02. The van der Waals surface area contributed by atoms with Crippen LogP contribution >= 0.6 is 0 Å². The first-order valence-electron chi connectivity index (χ1n) is 7.74. The summed E-state index contributed by atoms with van der Waals surface area (Å²) in [6.45, 7) is 2.56. The number of rotatable bonds is 6. The molecule has 0 aliphatic rings. The summed E-state index contributed by atoms with van der Waals surface area (Å²) in [7, 11) is 0. The van der Waals surface area contributed by atoms with Crippen molar-refractivity contribution in [3.8, 4) is 11.8 Å². The van der Waals surface area contributed by atoms with E-state index in [9.17, 15) is 0 Å². The molecule has 0 fully saturated rings. The van der Waals surface area contributed by atoms with Crippen LogP contribution in [-0.4, -0.2) is 21.8 Å². The quantitative estimate of drug-likeness (QED) is 0.711. The van der Waals surface area contributed by atoms with Gasteiger partial charge in [0.1, 0.15) is 11.8 Å². The van der Waals surface area contributed by atoms with Crippen LogP contribution in [0.5, 0.6) is 5.75 Å². The first-order chi connectivity index (χ1) is 12.3. The topological polar surface area (TPSA) is 95.8 Å². The highest BCUT2D eigenvalue weighted by Crippen LogP contribution is 2.21. The lowest BCUT2D eigenvalue weighted by Crippen LogP contribution is -2.03. The van der Waals surface area contributed by atoms with Crippen LogP contribution in [0.1, 0.15) is 12.5 Å². The predicted octanol–water partition coefficient (Wildman–Crippen LogP) is 3.63. The van der Waals surface area contributed by atoms with Gasteiger partial charge in [-0.1, -0.05) is 12.1 Å². The maximum atomic E-state index is 9.15. The highest BCUT2D eigenvalue weighted by molar-refractivity contribution is 5.64. The maximum Gasteiger partial charge on any atom is 0.249 e. The minimum absolute atomic E-state index is 0.351. The van der Waals surface area contributed by atoms with Gasteiger partial charge in [-0.15, -0.1) is 5.10 Å². The summed E-state index contributed by atoms with van der Waals surface area (Å²) in [6.07, 6.45) is 1.50. The molecule has 3 rings (SSSR count). The first kappa shape index (κ1) is 16.2. The van der Waals surface area contributed by atoms with Crippen LogP contribution in [0.3, 0.4) is 0 Å². The fraction of sp³-hybridized carbons (Fsp3) is 0.111. The molecule has 0 saturated carbocycles. The smallest absolute Gasteiger partial charge is 0.249 e. The second-order valence-corrected chi connectivity index (χ2v) is 5.03. The third-order valence-corrected chi connectivity index (χ3v) is 3.29. The Hall–Kier alpha value is -3.66. The standard InChI is InChI=1S/C18H16N6O/c1-2-25-15-9-7-14(8-10-15)21-18-23-17(12-20-24-18)22-16-6-4-3-5-13(16)11-19/h3-10,12H,2H2,1H3,(H2,21,22,23,24). The van der Waals surface area contributed by atoms with Gasteiger partial charge in [-0.05, 0) is 43.3 Å². The van der Waals surface area contributed by atoms with E-state index >= 15 is 0 Å². The van der Waals surface area contributed by atoms with Crippen molar-refractivity contribution in [2.45, 2.75) is 6.92 Å². The monoisotopic (exact) mass is 332 g/mol. The summed E-state index contributed by atoms with van der Waals surface area (Å²) in [6, 6.07) is 16.8. The number of nitrogens with zero attached hydrogens (tertiary/aromatic N) is 4. The molecule has 124 valence electrons. The van der Waals surface area contributed by atoms with Crippen LogP contribution in [0.4, 0.5) is 23.1 Å². The zero-order valence-corrected chi connectivity index (χ0v) is 13.6. The molecule has 1 aromatic heterocycles. The van der Waals surface area contributed by atoms with Gasteiger partial charge in [-0.3, -0.25) is 0 Å². The van der Waals surface area contributed by atoms with Crippen molar-refractivity contribution in [3.05, 3.63) is 60.3 Å². The molecule has 0 bridgehead atoms. The second-order valence-electron chi connectivity index (χ2n) is 5.03. The normalized spacial score (nSPS) is 9.92. The van der Waals surface area contributed by atoms with Gasteiger partial charge in [0.05, 0.1) is 24.1 Å². The molecule has 2 aromatic carbocycles. The van der Waals surface area contributed by atoms with Gasteiger partial charge < -0.3 is 15.4 Å². The Labute approximate surface area is 145 Å². The Balaban J connectivity index is 1.74. The van der Waals surface area contributed by atoms with E-state index in [2.05, 4.69) is 31.9 Å². The number of anilines is 4. The Morgan fingerprint density at radius 1 is 1.08 bits per heavy atom. The molecule has 3 aromatic rings. The van der Waals surface area contributed by atoms with E-state index in [0.29, 0.717) is 29.6 Å². The molecule has 7 heteroatoms. The lowest BCUT2D eigenvalue weighted by atomic mass is 10.2. The molecule has 2 N–H and O–H groups in total. The number of ether oxygens (including phenoxy) is 1. The molecular formula is C18H16N6O. The molecule has 0 aliphatic heterocycles. The molecule has 0 spiro atoms. The molecule has 0 atom stereocenters. The average Bonchev–Trinajstić information content (AvgIpc) is 2.64. The highest BCUT2D eigenvalue weighted by Gasteiger charge is 2.05. The zero-order chi connectivity index (χ0) is 17.5. The summed E-state index contributed by atoms with van der Waals surface area (Å²) < 4.78 is 5.41. The lowest BCUT2D eigenvalue weighted by molar-refractivity contribution is 0.340. The van der Waals surface area contributed by atoms with Crippen molar-refractivity contribution in [1.29, 1.82) is 5.26 Å². The van der Waals surface area contributed by atoms with Gasteiger partial charge in [0.15, 0.2) is 5.82 Å². The fourth-order valence-electron chi connectivity index (χ4n) is 2.17. The average molecular weight is 332 g/mol. The molecule has 0 radical (unpaired) electrons. The molecular weight excluding hydrogens is 316 g/mol. The summed E-state index contributed by atoms with van der Waals surface area (Å²) >= 11 is 0. The fourth-order valence-corrected chi connectivity index (χ4v) is 2.17. The van der Waals surface area contributed by atoms with Crippen LogP contribution in [0.15, 0.2) is 54.7 Å². The van der Waals surface area contributed by atoms with Crippen molar-refractivity contribution in [3.63, 3.8) is 0 Å². The van der Waals surface area contributed by atoms with Gasteiger partial charge in [0.2, 0.25) is 5.95 Å². The van der Waals surface area contributed by atoms with E-state index < -0.39 is 0 Å². The third-order valence-electron chi connectivity index (χ3n) is 3.29. The van der Waals surface area contributed by atoms with Crippen LogP contribution < -0.4 is 15.4 Å². The summed E-state index contributed by atoms with van der Waals surface area (Å²) in [4.78, 5) is 4.36. The van der Waals surface area contributed by atoms with E-state index in [4.69, 9.17) is 10.00 Å². The lowest BCUT2D eigenvalue weighted by Gasteiger charge is -2.09. The van der Waals surface area contributed by atoms with E-state index in [-0.39, 0.29) is 0 Å². The van der Waals surface area contributed by atoms with Gasteiger partial charge in [0, 0.05) is 5.69 Å². The van der Waals surface area contributed by atoms with E-state index in [1.165, 1.54) is 6.20 Å². The van der Waals surface area contributed by atoms with Gasteiger partial charge >= 0.3 is 0 Å². The second kappa shape index (κ2) is 7.75. The number of para-hydroxylation sites is 1. The predicted molar refractivity (Wildman–Crippen MR) is 95.2 cm³/mol. The Morgan fingerprint density at radius 2 is 1.88 bits per heavy atom. The minimum Gasteiger partial charge on any atom is -0.494 e. The maximum absolute atomic E-state index is 9.15. The van der Waals surface area contributed by atoms with Crippen molar-refractivity contribution < 1.29 is 4.74 Å². The Bertz CT molecular complexity index is 889. The van der Waals surface area contributed by atoms with Crippen LogP contribution in [0, 0.1) is 11.3 Å². The molecule has 0 unspecified atom stereocenters. The SMILES string of the molecule is CCOc1ccc(Nc2nncc(Nc3ccccc3C#N)n2)cc1. The number of benzene rings is 2. The summed E-state index contributed by atoms with van der Waals surface area (Å²) in [5.74, 6) is 1.64. The molecule has 0 amide bonds. The molecule has 25 heavy (non-hydrogen) atoms. The van der Waals surface area contributed by atoms with Crippen LogP contribution in [-0.2, 0) is 0 Å². The summed E-state index contributed by atoms with van der Waals surface area (Å²) in [5, 5.41) is 23.2.